The van der Waals surface area contributed by atoms with E-state index in [1.807, 2.05) is 21.1 Å². The first-order chi connectivity index (χ1) is 39.5. The largest absolute Gasteiger partial charge is 0.756 e. The maximum atomic E-state index is 12.8. The first-order valence-electron chi connectivity index (χ1n) is 35.9. The summed E-state index contributed by atoms with van der Waals surface area (Å²) >= 11 is 0. The summed E-state index contributed by atoms with van der Waals surface area (Å²) in [7, 11) is 1.19. The van der Waals surface area contributed by atoms with Crippen molar-refractivity contribution < 1.29 is 42.1 Å². The molecule has 0 aromatic carbocycles. The Hall–Kier alpha value is -1.25. The van der Waals surface area contributed by atoms with Gasteiger partial charge >= 0.3 is 11.9 Å². The monoisotopic (exact) mass is 1170 g/mol. The number of quaternary nitrogens is 1. The first-order valence-corrected chi connectivity index (χ1v) is 37.4. The van der Waals surface area contributed by atoms with E-state index in [4.69, 9.17) is 18.5 Å². The molecule has 0 aliphatic rings. The van der Waals surface area contributed by atoms with Crippen LogP contribution in [0.3, 0.4) is 0 Å². The van der Waals surface area contributed by atoms with Crippen molar-refractivity contribution in [2.24, 2.45) is 0 Å². The van der Waals surface area contributed by atoms with E-state index >= 15 is 0 Å². The maximum Gasteiger partial charge on any atom is 0.306 e. The molecule has 0 aromatic heterocycles. The molecule has 0 saturated heterocycles. The van der Waals surface area contributed by atoms with Gasteiger partial charge in [0, 0.05) is 12.8 Å². The molecule has 2 atom stereocenters. The van der Waals surface area contributed by atoms with Gasteiger partial charge in [-0.05, 0) is 38.5 Å². The summed E-state index contributed by atoms with van der Waals surface area (Å²) in [5.41, 5.74) is 0. The van der Waals surface area contributed by atoms with E-state index in [9.17, 15) is 19.0 Å². The van der Waals surface area contributed by atoms with E-state index < -0.39 is 26.5 Å². The van der Waals surface area contributed by atoms with Gasteiger partial charge in [0.05, 0.1) is 27.7 Å². The van der Waals surface area contributed by atoms with Crippen LogP contribution in [0.5, 0.6) is 0 Å². The molecule has 0 N–H and O–H groups in total. The van der Waals surface area contributed by atoms with Gasteiger partial charge in [-0.1, -0.05) is 341 Å². The van der Waals surface area contributed by atoms with Crippen molar-refractivity contribution >= 4 is 19.8 Å². The molecule has 81 heavy (non-hydrogen) atoms. The predicted octanol–water partition coefficient (Wildman–Crippen LogP) is 22.5. The van der Waals surface area contributed by atoms with Crippen LogP contribution in [0.2, 0.25) is 0 Å². The van der Waals surface area contributed by atoms with Crippen molar-refractivity contribution in [3.63, 3.8) is 0 Å². The highest BCUT2D eigenvalue weighted by Gasteiger charge is 2.22. The second-order valence-electron chi connectivity index (χ2n) is 26.0. The lowest BCUT2D eigenvalue weighted by Crippen LogP contribution is -2.37. The van der Waals surface area contributed by atoms with E-state index in [-0.39, 0.29) is 32.0 Å². The van der Waals surface area contributed by atoms with Crippen LogP contribution in [0, 0.1) is 0 Å². The number of phosphoric ester groups is 1. The molecule has 0 aliphatic heterocycles. The molecule has 482 valence electrons. The molecule has 0 fully saturated rings. The van der Waals surface area contributed by atoms with Crippen molar-refractivity contribution in [1.82, 2.24) is 0 Å². The molecule has 0 amide bonds. The van der Waals surface area contributed by atoms with Crippen molar-refractivity contribution in [2.75, 3.05) is 47.5 Å². The highest BCUT2D eigenvalue weighted by atomic mass is 31.2. The molecular weight excluding hydrogens is 1030 g/mol. The molecule has 10 heteroatoms. The van der Waals surface area contributed by atoms with Gasteiger partial charge in [-0.3, -0.25) is 14.2 Å². The lowest BCUT2D eigenvalue weighted by Gasteiger charge is -2.28. The average molecular weight is 1170 g/mol. The van der Waals surface area contributed by atoms with Crippen LogP contribution in [-0.2, 0) is 32.7 Å². The van der Waals surface area contributed by atoms with Gasteiger partial charge in [0.2, 0.25) is 0 Å². The molecule has 2 unspecified atom stereocenters. The van der Waals surface area contributed by atoms with Gasteiger partial charge in [-0.25, -0.2) is 0 Å². The summed E-state index contributed by atoms with van der Waals surface area (Å²) in [6, 6.07) is 0. The smallest absolute Gasteiger partial charge is 0.306 e. The van der Waals surface area contributed by atoms with Gasteiger partial charge in [0.15, 0.2) is 6.10 Å². The van der Waals surface area contributed by atoms with Crippen molar-refractivity contribution in [3.05, 3.63) is 12.2 Å². The fourth-order valence-corrected chi connectivity index (χ4v) is 11.7. The topological polar surface area (TPSA) is 111 Å². The lowest BCUT2D eigenvalue weighted by molar-refractivity contribution is -0.870. The number of hydrogen-bond acceptors (Lipinski definition) is 8. The van der Waals surface area contributed by atoms with E-state index in [1.165, 1.54) is 308 Å². The van der Waals surface area contributed by atoms with E-state index in [1.54, 1.807) is 0 Å². The minimum atomic E-state index is -4.64. The zero-order chi connectivity index (χ0) is 59.1. The van der Waals surface area contributed by atoms with Gasteiger partial charge in [0.1, 0.15) is 19.8 Å². The molecule has 0 rings (SSSR count). The minimum Gasteiger partial charge on any atom is -0.756 e. The Balaban J connectivity index is 3.93. The van der Waals surface area contributed by atoms with Crippen LogP contribution in [-0.4, -0.2) is 70.0 Å². The van der Waals surface area contributed by atoms with Gasteiger partial charge in [-0.2, -0.15) is 0 Å². The standard InChI is InChI=1S/C71H140NO8P/c1-6-8-10-12-14-16-18-20-22-24-26-28-30-31-32-33-34-35-36-37-38-39-40-42-43-45-47-49-51-53-55-57-59-61-63-70(73)77-67-69(68-79-81(75,76)78-66-65-72(3,4)5)80-71(74)64-62-60-58-56-54-52-50-48-46-44-41-29-27-25-23-21-19-17-15-13-11-9-7-2/h25,27,69H,6-24,26,28-68H2,1-5H3/b27-25-. The molecular formula is C71H140NO8P. The van der Waals surface area contributed by atoms with E-state index in [0.717, 1.165) is 38.5 Å². The SMILES string of the molecule is CCCCCCCCCC/C=C\CCCCCCCCCCCCCC(=O)OC(COC(=O)CCCCCCCCCCCCCCCCCCCCCCCCCCCCCCCCCCCC)COP(=O)([O-])OCC[N+](C)(C)C. The summed E-state index contributed by atoms with van der Waals surface area (Å²) < 4.78 is 34.3. The van der Waals surface area contributed by atoms with E-state index in [2.05, 4.69) is 26.0 Å². The Morgan fingerprint density at radius 1 is 0.370 bits per heavy atom. The van der Waals surface area contributed by atoms with E-state index in [0.29, 0.717) is 17.4 Å². The second kappa shape index (κ2) is 63.3. The minimum absolute atomic E-state index is 0.0268. The third kappa shape index (κ3) is 67.7. The van der Waals surface area contributed by atoms with Crippen molar-refractivity contribution in [3.8, 4) is 0 Å². The lowest BCUT2D eigenvalue weighted by atomic mass is 10.0. The number of unbranched alkanes of at least 4 members (excludes halogenated alkanes) is 52. The first kappa shape index (κ1) is 79.8. The number of allylic oxidation sites excluding steroid dienone is 2. The highest BCUT2D eigenvalue weighted by Crippen LogP contribution is 2.38. The fraction of sp³-hybridized carbons (Fsp3) is 0.944. The Kier molecular flexibility index (Phi) is 62.3. The average Bonchev–Trinajstić information content (AvgIpc) is 3.43. The number of phosphoric acid groups is 1. The number of carbonyl (C=O) groups excluding carboxylic acids is 2. The van der Waals surface area contributed by atoms with Gasteiger partial charge < -0.3 is 27.9 Å². The summed E-state index contributed by atoms with van der Waals surface area (Å²) in [5.74, 6) is -0.810. The molecule has 0 aliphatic carbocycles. The van der Waals surface area contributed by atoms with Crippen LogP contribution in [0.4, 0.5) is 0 Å². The number of carbonyl (C=O) groups is 2. The second-order valence-corrected chi connectivity index (χ2v) is 27.4. The third-order valence-electron chi connectivity index (χ3n) is 16.5. The Labute approximate surface area is 505 Å². The number of esters is 2. The molecule has 0 aromatic rings. The number of hydrogen-bond donors (Lipinski definition) is 0. The number of likely N-dealkylation sites (N-methyl/N-ethyl adjacent to an activating group) is 1. The fourth-order valence-electron chi connectivity index (χ4n) is 11.0. The molecule has 0 bridgehead atoms. The Morgan fingerprint density at radius 3 is 0.914 bits per heavy atom. The Morgan fingerprint density at radius 2 is 0.630 bits per heavy atom. The summed E-state index contributed by atoms with van der Waals surface area (Å²) in [4.78, 5) is 38.0. The molecule has 0 radical (unpaired) electrons. The van der Waals surface area contributed by atoms with Gasteiger partial charge in [-0.15, -0.1) is 0 Å². The Bertz CT molecular complexity index is 1370. The number of ether oxygens (including phenoxy) is 2. The zero-order valence-corrected chi connectivity index (χ0v) is 55.9. The molecule has 9 nitrogen and oxygen atoms in total. The van der Waals surface area contributed by atoms with Crippen LogP contribution in [0.15, 0.2) is 12.2 Å². The highest BCUT2D eigenvalue weighted by molar-refractivity contribution is 7.45. The number of nitrogens with zero attached hydrogens (tertiary/aromatic N) is 1. The predicted molar refractivity (Wildman–Crippen MR) is 347 cm³/mol. The third-order valence-corrected chi connectivity index (χ3v) is 17.5. The van der Waals surface area contributed by atoms with Crippen LogP contribution in [0.1, 0.15) is 380 Å². The van der Waals surface area contributed by atoms with Crippen LogP contribution >= 0.6 is 7.82 Å². The summed E-state index contributed by atoms with van der Waals surface area (Å²) in [6.45, 7) is 4.32. The molecule has 0 heterocycles. The maximum absolute atomic E-state index is 12.8. The van der Waals surface area contributed by atoms with Gasteiger partial charge in [0.25, 0.3) is 7.82 Å². The summed E-state index contributed by atoms with van der Waals surface area (Å²) in [6.07, 6.45) is 77.4. The zero-order valence-electron chi connectivity index (χ0n) is 55.0. The van der Waals surface area contributed by atoms with Crippen molar-refractivity contribution in [2.45, 2.75) is 386 Å². The quantitative estimate of drug-likeness (QED) is 0.0195. The van der Waals surface area contributed by atoms with Crippen molar-refractivity contribution in [1.29, 1.82) is 0 Å². The van der Waals surface area contributed by atoms with Crippen LogP contribution < -0.4 is 4.89 Å². The molecule has 0 saturated carbocycles. The summed E-state index contributed by atoms with van der Waals surface area (Å²) in [5, 5.41) is 0. The normalized spacial score (nSPS) is 13.1. The van der Waals surface area contributed by atoms with Crippen LogP contribution in [0.25, 0.3) is 0 Å². The number of rotatable bonds is 68. The molecule has 0 spiro atoms.